The molecule has 0 radical (unpaired) electrons. The SMILES string of the molecule is COCC(=O)NC(C(=O)O)C(O)c1ccc(OC)cc1. The number of rotatable bonds is 7. The van der Waals surface area contributed by atoms with Crippen LogP contribution >= 0.6 is 0 Å². The zero-order valence-electron chi connectivity index (χ0n) is 11.2. The van der Waals surface area contributed by atoms with Crippen molar-refractivity contribution in [3.63, 3.8) is 0 Å². The normalized spacial score (nSPS) is 13.3. The Bertz CT molecular complexity index is 458. The van der Waals surface area contributed by atoms with Crippen LogP contribution < -0.4 is 10.1 Å². The third-order valence-electron chi connectivity index (χ3n) is 2.63. The minimum Gasteiger partial charge on any atom is -0.497 e. The van der Waals surface area contributed by atoms with E-state index in [2.05, 4.69) is 10.1 Å². The summed E-state index contributed by atoms with van der Waals surface area (Å²) in [6.45, 7) is -0.279. The third kappa shape index (κ3) is 4.22. The highest BCUT2D eigenvalue weighted by molar-refractivity contribution is 5.84. The molecule has 3 N–H and O–H groups in total. The van der Waals surface area contributed by atoms with Gasteiger partial charge in [0, 0.05) is 7.11 Å². The van der Waals surface area contributed by atoms with Gasteiger partial charge in [0.05, 0.1) is 7.11 Å². The van der Waals surface area contributed by atoms with Crippen LogP contribution in [0.2, 0.25) is 0 Å². The number of amides is 1. The molecule has 1 rings (SSSR count). The number of hydrogen-bond donors (Lipinski definition) is 3. The van der Waals surface area contributed by atoms with Gasteiger partial charge in [0.1, 0.15) is 18.5 Å². The maximum absolute atomic E-state index is 11.4. The molecule has 1 aromatic rings. The summed E-state index contributed by atoms with van der Waals surface area (Å²) in [6.07, 6.45) is -1.38. The Morgan fingerprint density at radius 3 is 2.30 bits per heavy atom. The minimum atomic E-state index is -1.45. The van der Waals surface area contributed by atoms with Crippen LogP contribution in [0.3, 0.4) is 0 Å². The lowest BCUT2D eigenvalue weighted by molar-refractivity contribution is -0.145. The summed E-state index contributed by atoms with van der Waals surface area (Å²) in [5, 5.41) is 21.3. The van der Waals surface area contributed by atoms with Gasteiger partial charge < -0.3 is 25.0 Å². The smallest absolute Gasteiger partial charge is 0.329 e. The number of aliphatic hydroxyl groups is 1. The molecule has 1 amide bonds. The van der Waals surface area contributed by atoms with Gasteiger partial charge in [0.25, 0.3) is 0 Å². The van der Waals surface area contributed by atoms with Crippen LogP contribution in [0.25, 0.3) is 0 Å². The molecule has 0 spiro atoms. The summed E-state index contributed by atoms with van der Waals surface area (Å²) < 4.78 is 9.57. The number of benzene rings is 1. The maximum Gasteiger partial charge on any atom is 0.329 e. The largest absolute Gasteiger partial charge is 0.497 e. The second-order valence-corrected chi connectivity index (χ2v) is 4.03. The first-order chi connectivity index (χ1) is 9.49. The fourth-order valence-corrected chi connectivity index (χ4v) is 1.62. The molecule has 0 saturated heterocycles. The monoisotopic (exact) mass is 283 g/mol. The summed E-state index contributed by atoms with van der Waals surface area (Å²) >= 11 is 0. The van der Waals surface area contributed by atoms with Crippen LogP contribution in [-0.2, 0) is 14.3 Å². The molecule has 0 saturated carbocycles. The molecule has 0 bridgehead atoms. The molecule has 0 aliphatic rings. The minimum absolute atomic E-state index is 0.279. The summed E-state index contributed by atoms with van der Waals surface area (Å²) in [6, 6.07) is 4.79. The molecule has 0 heterocycles. The fraction of sp³-hybridized carbons (Fsp3) is 0.385. The van der Waals surface area contributed by atoms with Gasteiger partial charge in [-0.25, -0.2) is 4.79 Å². The molecule has 0 fully saturated rings. The average Bonchev–Trinajstić information content (AvgIpc) is 2.44. The Hall–Kier alpha value is -2.12. The summed E-state index contributed by atoms with van der Waals surface area (Å²) in [5.74, 6) is -1.37. The van der Waals surface area contributed by atoms with Crippen molar-refractivity contribution in [2.45, 2.75) is 12.1 Å². The van der Waals surface area contributed by atoms with Crippen LogP contribution in [0.5, 0.6) is 5.75 Å². The van der Waals surface area contributed by atoms with Crippen LogP contribution in [-0.4, -0.2) is 49.0 Å². The number of carbonyl (C=O) groups excluding carboxylic acids is 1. The van der Waals surface area contributed by atoms with E-state index in [0.29, 0.717) is 11.3 Å². The maximum atomic E-state index is 11.4. The first kappa shape index (κ1) is 15.9. The highest BCUT2D eigenvalue weighted by Gasteiger charge is 2.29. The van der Waals surface area contributed by atoms with Crippen molar-refractivity contribution in [1.82, 2.24) is 5.32 Å². The van der Waals surface area contributed by atoms with Gasteiger partial charge in [-0.05, 0) is 17.7 Å². The van der Waals surface area contributed by atoms with Crippen molar-refractivity contribution < 1.29 is 29.3 Å². The molecule has 1 aromatic carbocycles. The van der Waals surface area contributed by atoms with E-state index in [1.165, 1.54) is 26.4 Å². The number of aliphatic carboxylic acids is 1. The van der Waals surface area contributed by atoms with E-state index in [-0.39, 0.29) is 6.61 Å². The first-order valence-corrected chi connectivity index (χ1v) is 5.82. The number of carboxylic acid groups (broad SMARTS) is 1. The zero-order valence-corrected chi connectivity index (χ0v) is 11.2. The van der Waals surface area contributed by atoms with E-state index in [4.69, 9.17) is 9.84 Å². The molecule has 20 heavy (non-hydrogen) atoms. The lowest BCUT2D eigenvalue weighted by atomic mass is 10.0. The van der Waals surface area contributed by atoms with Crippen molar-refractivity contribution in [2.24, 2.45) is 0 Å². The molecule has 7 heteroatoms. The van der Waals surface area contributed by atoms with Gasteiger partial charge in [-0.1, -0.05) is 12.1 Å². The zero-order chi connectivity index (χ0) is 15.1. The van der Waals surface area contributed by atoms with E-state index in [1.54, 1.807) is 12.1 Å². The number of aliphatic hydroxyl groups excluding tert-OH is 1. The van der Waals surface area contributed by atoms with Gasteiger partial charge in [0.2, 0.25) is 5.91 Å². The van der Waals surface area contributed by atoms with E-state index in [1.807, 2.05) is 0 Å². The van der Waals surface area contributed by atoms with Gasteiger partial charge in [0.15, 0.2) is 6.04 Å². The van der Waals surface area contributed by atoms with Crippen LogP contribution in [0.1, 0.15) is 11.7 Å². The average molecular weight is 283 g/mol. The van der Waals surface area contributed by atoms with Crippen molar-refractivity contribution in [1.29, 1.82) is 0 Å². The lowest BCUT2D eigenvalue weighted by Gasteiger charge is -2.20. The predicted molar refractivity (Wildman–Crippen MR) is 69.4 cm³/mol. The highest BCUT2D eigenvalue weighted by Crippen LogP contribution is 2.20. The Morgan fingerprint density at radius 1 is 1.25 bits per heavy atom. The molecule has 7 nitrogen and oxygen atoms in total. The molecule has 110 valence electrons. The van der Waals surface area contributed by atoms with E-state index in [9.17, 15) is 14.7 Å². The number of carboxylic acids is 1. The summed E-state index contributed by atoms with van der Waals surface area (Å²) in [7, 11) is 2.81. The van der Waals surface area contributed by atoms with E-state index in [0.717, 1.165) is 0 Å². The quantitative estimate of drug-likeness (QED) is 0.647. The van der Waals surface area contributed by atoms with Crippen molar-refractivity contribution >= 4 is 11.9 Å². The molecule has 0 aromatic heterocycles. The highest BCUT2D eigenvalue weighted by atomic mass is 16.5. The molecular formula is C13H17NO6. The van der Waals surface area contributed by atoms with Crippen molar-refractivity contribution in [2.75, 3.05) is 20.8 Å². The molecular weight excluding hydrogens is 266 g/mol. The van der Waals surface area contributed by atoms with E-state index >= 15 is 0 Å². The molecule has 2 atom stereocenters. The lowest BCUT2D eigenvalue weighted by Crippen LogP contribution is -2.46. The number of nitrogens with one attached hydrogen (secondary N) is 1. The van der Waals surface area contributed by atoms with Gasteiger partial charge in [-0.15, -0.1) is 0 Å². The number of carbonyl (C=O) groups is 2. The fourth-order valence-electron chi connectivity index (χ4n) is 1.62. The van der Waals surface area contributed by atoms with Crippen molar-refractivity contribution in [3.05, 3.63) is 29.8 Å². The second-order valence-electron chi connectivity index (χ2n) is 4.03. The molecule has 0 aliphatic heterocycles. The van der Waals surface area contributed by atoms with Crippen LogP contribution in [0, 0.1) is 0 Å². The van der Waals surface area contributed by atoms with E-state index < -0.39 is 24.0 Å². The number of ether oxygens (including phenoxy) is 2. The van der Waals surface area contributed by atoms with Crippen molar-refractivity contribution in [3.8, 4) is 5.75 Å². The Balaban J connectivity index is 2.84. The molecule has 2 unspecified atom stereocenters. The standard InChI is InChI=1S/C13H17NO6/c1-19-7-10(15)14-11(13(17)18)12(16)8-3-5-9(20-2)6-4-8/h3-6,11-12,16H,7H2,1-2H3,(H,14,15)(H,17,18). The number of hydrogen-bond acceptors (Lipinski definition) is 5. The Labute approximate surface area is 116 Å². The second kappa shape index (κ2) is 7.46. The van der Waals surface area contributed by atoms with Crippen LogP contribution in [0.15, 0.2) is 24.3 Å². The Morgan fingerprint density at radius 2 is 1.85 bits per heavy atom. The van der Waals surface area contributed by atoms with Gasteiger partial charge in [-0.3, -0.25) is 4.79 Å². The van der Waals surface area contributed by atoms with Gasteiger partial charge >= 0.3 is 5.97 Å². The first-order valence-electron chi connectivity index (χ1n) is 5.82. The number of methoxy groups -OCH3 is 2. The van der Waals surface area contributed by atoms with Gasteiger partial charge in [-0.2, -0.15) is 0 Å². The Kier molecular flexibility index (Phi) is 5.95. The summed E-state index contributed by atoms with van der Waals surface area (Å²) in [4.78, 5) is 22.5. The third-order valence-corrected chi connectivity index (χ3v) is 2.63. The topological polar surface area (TPSA) is 105 Å². The molecule has 0 aliphatic carbocycles. The summed E-state index contributed by atoms with van der Waals surface area (Å²) in [5.41, 5.74) is 0.357. The predicted octanol–water partition coefficient (Wildman–Crippen LogP) is -0.0556. The van der Waals surface area contributed by atoms with Crippen LogP contribution in [0.4, 0.5) is 0 Å².